The fraction of sp³-hybridized carbons (Fsp3) is 1.00. The number of ether oxygens (including phenoxy) is 2. The van der Waals surface area contributed by atoms with Crippen LogP contribution in [-0.2, 0) is 28.2 Å². The summed E-state index contributed by atoms with van der Waals surface area (Å²) in [5.74, 6) is 0. The minimum Gasteiger partial charge on any atom is -1.00 e. The van der Waals surface area contributed by atoms with Crippen molar-refractivity contribution < 1.29 is 57.2 Å². The molecule has 0 aliphatic carbocycles. The Hall–Kier alpha value is 0.790. The van der Waals surface area contributed by atoms with E-state index >= 15 is 0 Å². The third-order valence-corrected chi connectivity index (χ3v) is 6.39. The summed E-state index contributed by atoms with van der Waals surface area (Å²) in [7, 11) is -2.88. The summed E-state index contributed by atoms with van der Waals surface area (Å²) in [6, 6.07) is 0. The molecule has 0 aromatic carbocycles. The maximum atomic E-state index is 11.3. The van der Waals surface area contributed by atoms with Gasteiger partial charge in [-0.3, -0.25) is 4.18 Å². The van der Waals surface area contributed by atoms with Gasteiger partial charge in [0, 0.05) is 6.42 Å². The van der Waals surface area contributed by atoms with Crippen LogP contribution in [0.3, 0.4) is 0 Å². The summed E-state index contributed by atoms with van der Waals surface area (Å²) in [5, 5.41) is 0. The monoisotopic (exact) mass is 460 g/mol. The molecule has 0 spiro atoms. The number of rotatable bonds is 19. The molecule has 6 nitrogen and oxygen atoms in total. The van der Waals surface area contributed by atoms with Crippen LogP contribution in [0.2, 0.25) is 0 Å². The SMILES string of the molecule is CCCCCCCCCCCCCCC(C)OCC1CCC(OS(=O)(=O)OC)O1.[H-].[Na+]. The van der Waals surface area contributed by atoms with E-state index < -0.39 is 16.7 Å². The van der Waals surface area contributed by atoms with Gasteiger partial charge in [0.15, 0.2) is 6.29 Å². The van der Waals surface area contributed by atoms with Crippen LogP contribution in [0.1, 0.15) is 112 Å². The zero-order valence-electron chi connectivity index (χ0n) is 20.9. The van der Waals surface area contributed by atoms with Crippen LogP contribution in [0.5, 0.6) is 0 Å². The largest absolute Gasteiger partial charge is 1.00 e. The van der Waals surface area contributed by atoms with E-state index in [4.69, 9.17) is 13.7 Å². The Morgan fingerprint density at radius 1 is 0.933 bits per heavy atom. The van der Waals surface area contributed by atoms with E-state index in [0.29, 0.717) is 13.0 Å². The van der Waals surface area contributed by atoms with Gasteiger partial charge in [0.25, 0.3) is 0 Å². The Bertz CT molecular complexity index is 494. The fourth-order valence-electron chi connectivity index (χ4n) is 3.66. The first-order chi connectivity index (χ1) is 14.0. The average molecular weight is 461 g/mol. The summed E-state index contributed by atoms with van der Waals surface area (Å²) >= 11 is 0. The molecule has 1 fully saturated rings. The summed E-state index contributed by atoms with van der Waals surface area (Å²) < 4.78 is 43.0. The maximum absolute atomic E-state index is 11.3. The Morgan fingerprint density at radius 2 is 1.47 bits per heavy atom. The van der Waals surface area contributed by atoms with Gasteiger partial charge in [-0.2, -0.15) is 8.42 Å². The second-order valence-corrected chi connectivity index (χ2v) is 9.60. The molecule has 1 aliphatic heterocycles. The van der Waals surface area contributed by atoms with Gasteiger partial charge in [-0.05, 0) is 19.8 Å². The van der Waals surface area contributed by atoms with Crippen LogP contribution in [0.4, 0.5) is 0 Å². The van der Waals surface area contributed by atoms with E-state index in [0.717, 1.165) is 20.0 Å². The normalized spacial score (nSPS) is 20.2. The van der Waals surface area contributed by atoms with Crippen molar-refractivity contribution in [3.8, 4) is 0 Å². The molecule has 0 N–H and O–H groups in total. The van der Waals surface area contributed by atoms with Crippen molar-refractivity contribution >= 4 is 10.4 Å². The standard InChI is InChI=1S/C22H44O6S.Na.H/c1-4-5-6-7-8-9-10-11-12-13-14-15-16-20(2)26-19-21-17-18-22(27-21)28-29(23,24)25-3;;/h20-22H,4-19H2,1-3H3;;/q;+1;-1. The second kappa shape index (κ2) is 19.3. The van der Waals surface area contributed by atoms with Crippen molar-refractivity contribution in [2.75, 3.05) is 13.7 Å². The first-order valence-electron chi connectivity index (χ1n) is 11.7. The van der Waals surface area contributed by atoms with Crippen molar-refractivity contribution in [3.05, 3.63) is 0 Å². The third kappa shape index (κ3) is 16.4. The maximum Gasteiger partial charge on any atom is 1.00 e. The summed E-state index contributed by atoms with van der Waals surface area (Å²) in [6.45, 7) is 4.84. The number of hydrogen-bond acceptors (Lipinski definition) is 6. The molecule has 0 saturated carbocycles. The Balaban J connectivity index is 0. The predicted molar refractivity (Wildman–Crippen MR) is 117 cm³/mol. The fourth-order valence-corrected chi connectivity index (χ4v) is 4.15. The van der Waals surface area contributed by atoms with E-state index in [2.05, 4.69) is 18.0 Å². The van der Waals surface area contributed by atoms with Gasteiger partial charge in [-0.15, -0.1) is 0 Å². The van der Waals surface area contributed by atoms with Gasteiger partial charge in [-0.25, -0.2) is 4.18 Å². The molecule has 1 heterocycles. The van der Waals surface area contributed by atoms with Gasteiger partial charge < -0.3 is 10.9 Å². The molecule has 0 aromatic heterocycles. The third-order valence-electron chi connectivity index (χ3n) is 5.53. The molecule has 0 amide bonds. The van der Waals surface area contributed by atoms with Crippen molar-refractivity contribution in [2.24, 2.45) is 0 Å². The van der Waals surface area contributed by atoms with Crippen LogP contribution in [0.25, 0.3) is 0 Å². The minimum absolute atomic E-state index is 0. The van der Waals surface area contributed by atoms with Crippen LogP contribution in [0.15, 0.2) is 0 Å². The Labute approximate surface area is 209 Å². The van der Waals surface area contributed by atoms with Crippen LogP contribution < -0.4 is 29.6 Å². The number of hydrogen-bond donors (Lipinski definition) is 0. The van der Waals surface area contributed by atoms with E-state index in [-0.39, 0.29) is 43.2 Å². The molecule has 0 aromatic rings. The van der Waals surface area contributed by atoms with Crippen LogP contribution in [-0.4, -0.2) is 40.6 Å². The van der Waals surface area contributed by atoms with Gasteiger partial charge in [0.1, 0.15) is 0 Å². The van der Waals surface area contributed by atoms with Gasteiger partial charge >= 0.3 is 40.0 Å². The van der Waals surface area contributed by atoms with Crippen LogP contribution in [0, 0.1) is 0 Å². The van der Waals surface area contributed by atoms with E-state index in [1.54, 1.807) is 0 Å². The zero-order chi connectivity index (χ0) is 21.4. The first kappa shape index (κ1) is 30.8. The molecular weight excluding hydrogens is 415 g/mol. The van der Waals surface area contributed by atoms with Crippen molar-refractivity contribution in [1.82, 2.24) is 0 Å². The molecule has 176 valence electrons. The van der Waals surface area contributed by atoms with Crippen molar-refractivity contribution in [2.45, 2.75) is 129 Å². The summed E-state index contributed by atoms with van der Waals surface area (Å²) in [6.07, 6.45) is 17.9. The smallest absolute Gasteiger partial charge is 1.00 e. The Kier molecular flexibility index (Phi) is 19.8. The van der Waals surface area contributed by atoms with Gasteiger partial charge in [0.05, 0.1) is 25.9 Å². The molecular formula is C22H45NaO6S. The molecule has 1 aliphatic rings. The molecule has 1 saturated heterocycles. The summed E-state index contributed by atoms with van der Waals surface area (Å²) in [5.41, 5.74) is 0. The number of unbranched alkanes of at least 4 members (excludes halogenated alkanes) is 11. The molecule has 30 heavy (non-hydrogen) atoms. The first-order valence-corrected chi connectivity index (χ1v) is 13.1. The zero-order valence-corrected chi connectivity index (χ0v) is 22.7. The minimum atomic E-state index is -3.95. The van der Waals surface area contributed by atoms with Gasteiger partial charge in [-0.1, -0.05) is 84.0 Å². The molecule has 0 radical (unpaired) electrons. The molecule has 8 heteroatoms. The molecule has 3 atom stereocenters. The van der Waals surface area contributed by atoms with E-state index in [1.807, 2.05) is 0 Å². The van der Waals surface area contributed by atoms with Crippen molar-refractivity contribution in [1.29, 1.82) is 0 Å². The quantitative estimate of drug-likeness (QED) is 0.218. The molecule has 0 bridgehead atoms. The topological polar surface area (TPSA) is 71.1 Å². The Morgan fingerprint density at radius 3 is 2.00 bits per heavy atom. The second-order valence-electron chi connectivity index (χ2n) is 8.26. The summed E-state index contributed by atoms with van der Waals surface area (Å²) in [4.78, 5) is 0. The molecule has 1 rings (SSSR count). The average Bonchev–Trinajstić information content (AvgIpc) is 3.14. The van der Waals surface area contributed by atoms with Crippen LogP contribution >= 0.6 is 0 Å². The van der Waals surface area contributed by atoms with Crippen molar-refractivity contribution in [3.63, 3.8) is 0 Å². The van der Waals surface area contributed by atoms with E-state index in [9.17, 15) is 8.42 Å². The predicted octanol–water partition coefficient (Wildman–Crippen LogP) is 3.01. The van der Waals surface area contributed by atoms with E-state index in [1.165, 1.54) is 77.0 Å². The molecule has 3 unspecified atom stereocenters. The van der Waals surface area contributed by atoms with Gasteiger partial charge in [0.2, 0.25) is 0 Å².